The van der Waals surface area contributed by atoms with E-state index in [1.54, 1.807) is 4.90 Å². The number of hydrogen-bond donors (Lipinski definition) is 2. The van der Waals surface area contributed by atoms with Gasteiger partial charge in [-0.1, -0.05) is 0 Å². The van der Waals surface area contributed by atoms with Crippen LogP contribution in [0.5, 0.6) is 0 Å². The van der Waals surface area contributed by atoms with Crippen molar-refractivity contribution in [3.05, 3.63) is 0 Å². The summed E-state index contributed by atoms with van der Waals surface area (Å²) in [5.41, 5.74) is 5.64. The van der Waals surface area contributed by atoms with Crippen LogP contribution in [0.15, 0.2) is 0 Å². The Morgan fingerprint density at radius 3 is 2.17 bits per heavy atom. The van der Waals surface area contributed by atoms with E-state index in [1.807, 2.05) is 0 Å². The normalized spacial score (nSPS) is 27.8. The third-order valence-corrected chi connectivity index (χ3v) is 4.11. The maximum Gasteiger partial charge on any atom is 0.323 e. The second-order valence-electron chi connectivity index (χ2n) is 5.54. The maximum absolute atomic E-state index is 12.3. The van der Waals surface area contributed by atoms with E-state index in [0.717, 1.165) is 38.5 Å². The molecule has 102 valence electrons. The van der Waals surface area contributed by atoms with Gasteiger partial charge in [-0.3, -0.25) is 9.59 Å². The van der Waals surface area contributed by atoms with Gasteiger partial charge < -0.3 is 15.7 Å². The van der Waals surface area contributed by atoms with Crippen molar-refractivity contribution in [1.29, 1.82) is 0 Å². The molecule has 0 unspecified atom stereocenters. The topological polar surface area (TPSA) is 83.6 Å². The molecule has 2 aliphatic rings. The van der Waals surface area contributed by atoms with E-state index in [1.165, 1.54) is 0 Å². The first-order chi connectivity index (χ1) is 8.61. The molecular formula is C13H22N2O3. The number of nitrogens with zero attached hydrogens (tertiary/aromatic N) is 1. The lowest BCUT2D eigenvalue weighted by atomic mass is 9.81. The molecule has 0 aliphatic heterocycles. The number of nitrogens with two attached hydrogens (primary N) is 1. The zero-order valence-electron chi connectivity index (χ0n) is 10.7. The van der Waals surface area contributed by atoms with Gasteiger partial charge in [-0.2, -0.15) is 0 Å². The lowest BCUT2D eigenvalue weighted by molar-refractivity contribution is -0.147. The number of rotatable bonds is 5. The standard InChI is InChI=1S/C13H22N2O3/c14-7-9-1-3-10(4-2-9)13(18)15(8-12(16)17)11-5-6-11/h9-11H,1-8,14H2,(H,16,17). The molecule has 1 amide bonds. The van der Waals surface area contributed by atoms with Gasteiger partial charge in [0.05, 0.1) is 0 Å². The molecule has 0 saturated heterocycles. The third kappa shape index (κ3) is 3.22. The predicted octanol–water partition coefficient (Wildman–Crippen LogP) is 0.827. The zero-order chi connectivity index (χ0) is 13.1. The summed E-state index contributed by atoms with van der Waals surface area (Å²) in [6.07, 6.45) is 5.64. The van der Waals surface area contributed by atoms with E-state index in [0.29, 0.717) is 12.5 Å². The maximum atomic E-state index is 12.3. The summed E-state index contributed by atoms with van der Waals surface area (Å²) in [5.74, 6) is -0.295. The van der Waals surface area contributed by atoms with E-state index in [-0.39, 0.29) is 24.4 Å². The van der Waals surface area contributed by atoms with Crippen LogP contribution in [0.25, 0.3) is 0 Å². The van der Waals surface area contributed by atoms with Gasteiger partial charge >= 0.3 is 5.97 Å². The molecule has 2 fully saturated rings. The van der Waals surface area contributed by atoms with Crippen LogP contribution < -0.4 is 5.73 Å². The molecular weight excluding hydrogens is 232 g/mol. The summed E-state index contributed by atoms with van der Waals surface area (Å²) in [7, 11) is 0. The summed E-state index contributed by atoms with van der Waals surface area (Å²) in [5, 5.41) is 8.88. The van der Waals surface area contributed by atoms with Crippen LogP contribution in [0.2, 0.25) is 0 Å². The lowest BCUT2D eigenvalue weighted by Gasteiger charge is -2.31. The molecule has 0 heterocycles. The second-order valence-corrected chi connectivity index (χ2v) is 5.54. The molecule has 0 radical (unpaired) electrons. The lowest BCUT2D eigenvalue weighted by Crippen LogP contribution is -2.42. The van der Waals surface area contributed by atoms with E-state index in [9.17, 15) is 9.59 Å². The molecule has 0 spiro atoms. The van der Waals surface area contributed by atoms with Crippen LogP contribution in [0.3, 0.4) is 0 Å². The molecule has 3 N–H and O–H groups in total. The minimum absolute atomic E-state index is 0.0211. The number of carbonyl (C=O) groups excluding carboxylic acids is 1. The van der Waals surface area contributed by atoms with Crippen LogP contribution in [0.4, 0.5) is 0 Å². The minimum Gasteiger partial charge on any atom is -0.480 e. The molecule has 0 bridgehead atoms. The number of aliphatic carboxylic acids is 1. The Bertz CT molecular complexity index is 320. The Kier molecular flexibility index (Phi) is 4.22. The van der Waals surface area contributed by atoms with Crippen molar-refractivity contribution in [1.82, 2.24) is 4.90 Å². The molecule has 0 atom stereocenters. The fraction of sp³-hybridized carbons (Fsp3) is 0.846. The van der Waals surface area contributed by atoms with Crippen LogP contribution in [-0.2, 0) is 9.59 Å². The molecule has 2 saturated carbocycles. The third-order valence-electron chi connectivity index (χ3n) is 4.11. The van der Waals surface area contributed by atoms with Gasteiger partial charge in [0.2, 0.25) is 5.91 Å². The quantitative estimate of drug-likeness (QED) is 0.761. The number of carboxylic acid groups (broad SMARTS) is 1. The first-order valence-corrected chi connectivity index (χ1v) is 6.84. The summed E-state index contributed by atoms with van der Waals surface area (Å²) in [6.45, 7) is 0.558. The SMILES string of the molecule is NCC1CCC(C(=O)N(CC(=O)O)C2CC2)CC1. The Balaban J connectivity index is 1.90. The fourth-order valence-electron chi connectivity index (χ4n) is 2.80. The van der Waals surface area contributed by atoms with E-state index >= 15 is 0 Å². The van der Waals surface area contributed by atoms with Crippen molar-refractivity contribution in [3.8, 4) is 0 Å². The zero-order valence-corrected chi connectivity index (χ0v) is 10.7. The van der Waals surface area contributed by atoms with Crippen LogP contribution in [-0.4, -0.2) is 41.0 Å². The van der Waals surface area contributed by atoms with Crippen molar-refractivity contribution < 1.29 is 14.7 Å². The average Bonchev–Trinajstić information content (AvgIpc) is 3.19. The van der Waals surface area contributed by atoms with Gasteiger partial charge in [0.25, 0.3) is 0 Å². The Labute approximate surface area is 107 Å². The van der Waals surface area contributed by atoms with Gasteiger partial charge in [-0.15, -0.1) is 0 Å². The van der Waals surface area contributed by atoms with Gasteiger partial charge in [-0.25, -0.2) is 0 Å². The van der Waals surface area contributed by atoms with Crippen molar-refractivity contribution in [2.45, 2.75) is 44.6 Å². The monoisotopic (exact) mass is 254 g/mol. The van der Waals surface area contributed by atoms with Gasteiger partial charge in [0.1, 0.15) is 6.54 Å². The Morgan fingerprint density at radius 2 is 1.72 bits per heavy atom. The fourth-order valence-corrected chi connectivity index (χ4v) is 2.80. The first kappa shape index (κ1) is 13.3. The van der Waals surface area contributed by atoms with Crippen molar-refractivity contribution in [2.24, 2.45) is 17.6 Å². The highest BCUT2D eigenvalue weighted by Crippen LogP contribution is 2.33. The van der Waals surface area contributed by atoms with E-state index in [2.05, 4.69) is 0 Å². The highest BCUT2D eigenvalue weighted by Gasteiger charge is 2.37. The smallest absolute Gasteiger partial charge is 0.323 e. The molecule has 5 nitrogen and oxygen atoms in total. The Morgan fingerprint density at radius 1 is 1.11 bits per heavy atom. The summed E-state index contributed by atoms with van der Waals surface area (Å²) >= 11 is 0. The van der Waals surface area contributed by atoms with Crippen molar-refractivity contribution >= 4 is 11.9 Å². The summed E-state index contributed by atoms with van der Waals surface area (Å²) in [6, 6.07) is 0.181. The molecule has 2 rings (SSSR count). The number of carbonyl (C=O) groups is 2. The number of hydrogen-bond acceptors (Lipinski definition) is 3. The summed E-state index contributed by atoms with van der Waals surface area (Å²) < 4.78 is 0. The second kappa shape index (κ2) is 5.69. The molecule has 5 heteroatoms. The van der Waals surface area contributed by atoms with Gasteiger partial charge in [0.15, 0.2) is 0 Å². The van der Waals surface area contributed by atoms with Crippen molar-refractivity contribution in [2.75, 3.05) is 13.1 Å². The summed E-state index contributed by atoms with van der Waals surface area (Å²) in [4.78, 5) is 24.7. The highest BCUT2D eigenvalue weighted by molar-refractivity contribution is 5.83. The molecule has 0 aromatic rings. The van der Waals surface area contributed by atoms with Crippen molar-refractivity contribution in [3.63, 3.8) is 0 Å². The Hall–Kier alpha value is -1.10. The largest absolute Gasteiger partial charge is 0.480 e. The number of amides is 1. The molecule has 18 heavy (non-hydrogen) atoms. The van der Waals surface area contributed by atoms with Crippen LogP contribution in [0.1, 0.15) is 38.5 Å². The van der Waals surface area contributed by atoms with Gasteiger partial charge in [0, 0.05) is 12.0 Å². The first-order valence-electron chi connectivity index (χ1n) is 6.84. The highest BCUT2D eigenvalue weighted by atomic mass is 16.4. The molecule has 0 aromatic heterocycles. The predicted molar refractivity (Wildman–Crippen MR) is 66.9 cm³/mol. The van der Waals surface area contributed by atoms with Crippen LogP contribution in [0, 0.1) is 11.8 Å². The molecule has 2 aliphatic carbocycles. The van der Waals surface area contributed by atoms with Gasteiger partial charge in [-0.05, 0) is 51.0 Å². The van der Waals surface area contributed by atoms with E-state index < -0.39 is 5.97 Å². The van der Waals surface area contributed by atoms with E-state index in [4.69, 9.17) is 10.8 Å². The van der Waals surface area contributed by atoms with Crippen LogP contribution >= 0.6 is 0 Å². The number of carboxylic acids is 1. The molecule has 0 aromatic carbocycles. The minimum atomic E-state index is -0.911. The average molecular weight is 254 g/mol.